The van der Waals surface area contributed by atoms with Gasteiger partial charge in [-0.3, -0.25) is 9.59 Å². The second-order valence-electron chi connectivity index (χ2n) is 4.32. The molecule has 106 valence electrons. The second kappa shape index (κ2) is 6.77. The lowest BCUT2D eigenvalue weighted by atomic mass is 10.3. The lowest BCUT2D eigenvalue weighted by molar-refractivity contribution is -0.120. The smallest absolute Gasteiger partial charge is 0.295 e. The van der Waals surface area contributed by atoms with Gasteiger partial charge in [-0.15, -0.1) is 0 Å². The molecular formula is C12H20N4O3. The first-order valence-electron chi connectivity index (χ1n) is 6.15. The number of carbonyl (C=O) groups is 1. The topological polar surface area (TPSA) is 87.3 Å². The summed E-state index contributed by atoms with van der Waals surface area (Å²) in [4.78, 5) is 31.6. The summed E-state index contributed by atoms with van der Waals surface area (Å²) in [5, 5.41) is 2.79. The highest BCUT2D eigenvalue weighted by atomic mass is 16.5. The summed E-state index contributed by atoms with van der Waals surface area (Å²) >= 11 is 0. The van der Waals surface area contributed by atoms with Crippen molar-refractivity contribution < 1.29 is 9.53 Å². The summed E-state index contributed by atoms with van der Waals surface area (Å²) < 4.78 is 5.04. The number of rotatable bonds is 6. The number of methoxy groups -OCH3 is 1. The third kappa shape index (κ3) is 3.97. The molecule has 1 aromatic rings. The molecule has 1 amide bonds. The number of ether oxygens (including phenoxy) is 1. The van der Waals surface area contributed by atoms with Crippen LogP contribution in [0.15, 0.2) is 11.1 Å². The van der Waals surface area contributed by atoms with Crippen LogP contribution in [-0.2, 0) is 4.79 Å². The van der Waals surface area contributed by atoms with Gasteiger partial charge in [0.25, 0.3) is 5.56 Å². The molecule has 1 aromatic heterocycles. The van der Waals surface area contributed by atoms with Gasteiger partial charge in [0.2, 0.25) is 11.7 Å². The van der Waals surface area contributed by atoms with Gasteiger partial charge in [0.15, 0.2) is 5.82 Å². The first kappa shape index (κ1) is 15.0. The van der Waals surface area contributed by atoms with Gasteiger partial charge in [-0.05, 0) is 20.8 Å². The molecule has 0 spiro atoms. The normalized spacial score (nSPS) is 10.4. The monoisotopic (exact) mass is 268 g/mol. The Bertz CT molecular complexity index is 484. The second-order valence-corrected chi connectivity index (χ2v) is 4.32. The van der Waals surface area contributed by atoms with E-state index in [2.05, 4.69) is 15.3 Å². The van der Waals surface area contributed by atoms with Crippen LogP contribution in [0.4, 0.5) is 5.82 Å². The van der Waals surface area contributed by atoms with E-state index in [-0.39, 0.29) is 29.8 Å². The number of H-pyrrole nitrogens is 1. The zero-order valence-corrected chi connectivity index (χ0v) is 11.7. The maximum atomic E-state index is 11.8. The van der Waals surface area contributed by atoms with Crippen LogP contribution in [0.5, 0.6) is 5.75 Å². The molecule has 0 aliphatic rings. The maximum absolute atomic E-state index is 11.8. The number of hydrogen-bond donors (Lipinski definition) is 2. The lowest BCUT2D eigenvalue weighted by Crippen LogP contribution is -2.41. The molecule has 19 heavy (non-hydrogen) atoms. The van der Waals surface area contributed by atoms with Crippen molar-refractivity contribution in [3.8, 4) is 5.75 Å². The van der Waals surface area contributed by atoms with Gasteiger partial charge in [-0.1, -0.05) is 0 Å². The van der Waals surface area contributed by atoms with Crippen molar-refractivity contribution in [2.75, 3.05) is 25.1 Å². The van der Waals surface area contributed by atoms with Crippen LogP contribution < -0.4 is 20.5 Å². The number of hydrogen-bond acceptors (Lipinski definition) is 5. The molecule has 0 atom stereocenters. The van der Waals surface area contributed by atoms with E-state index in [9.17, 15) is 9.59 Å². The highest BCUT2D eigenvalue weighted by molar-refractivity contribution is 5.81. The molecule has 1 rings (SSSR count). The summed E-state index contributed by atoms with van der Waals surface area (Å²) in [5.41, 5.74) is -0.366. The molecule has 1 heterocycles. The van der Waals surface area contributed by atoms with Gasteiger partial charge in [0.1, 0.15) is 0 Å². The third-order valence-corrected chi connectivity index (χ3v) is 2.46. The molecule has 0 aliphatic heterocycles. The number of aromatic nitrogens is 2. The Morgan fingerprint density at radius 2 is 2.26 bits per heavy atom. The number of anilines is 1. The van der Waals surface area contributed by atoms with Crippen LogP contribution in [0.2, 0.25) is 0 Å². The van der Waals surface area contributed by atoms with E-state index in [1.165, 1.54) is 13.4 Å². The minimum atomic E-state index is -0.366. The zero-order valence-electron chi connectivity index (χ0n) is 11.7. The van der Waals surface area contributed by atoms with Crippen molar-refractivity contribution in [2.24, 2.45) is 0 Å². The van der Waals surface area contributed by atoms with Gasteiger partial charge >= 0.3 is 0 Å². The Hall–Kier alpha value is -2.05. The fourth-order valence-electron chi connectivity index (χ4n) is 1.66. The summed E-state index contributed by atoms with van der Waals surface area (Å²) in [6.07, 6.45) is 1.29. The number of nitrogens with one attached hydrogen (secondary N) is 2. The van der Waals surface area contributed by atoms with E-state index in [1.54, 1.807) is 4.90 Å². The maximum Gasteiger partial charge on any atom is 0.295 e. The van der Waals surface area contributed by atoms with Crippen LogP contribution in [0.25, 0.3) is 0 Å². The molecule has 0 saturated heterocycles. The fourth-order valence-corrected chi connectivity index (χ4v) is 1.66. The zero-order chi connectivity index (χ0) is 14.4. The van der Waals surface area contributed by atoms with E-state index >= 15 is 0 Å². The van der Waals surface area contributed by atoms with Gasteiger partial charge in [-0.25, -0.2) is 4.98 Å². The number of amides is 1. The number of nitrogens with zero attached hydrogens (tertiary/aromatic N) is 2. The number of likely N-dealkylation sites (N-methyl/N-ethyl adjacent to an activating group) is 1. The van der Waals surface area contributed by atoms with E-state index in [4.69, 9.17) is 4.74 Å². The average molecular weight is 268 g/mol. The van der Waals surface area contributed by atoms with Crippen molar-refractivity contribution in [3.05, 3.63) is 16.7 Å². The summed E-state index contributed by atoms with van der Waals surface area (Å²) in [7, 11) is 1.40. The van der Waals surface area contributed by atoms with Gasteiger partial charge in [0.05, 0.1) is 20.0 Å². The Kier molecular flexibility index (Phi) is 5.35. The van der Waals surface area contributed by atoms with E-state index in [0.717, 1.165) is 0 Å². The van der Waals surface area contributed by atoms with Gasteiger partial charge < -0.3 is 19.9 Å². The largest absolute Gasteiger partial charge is 0.489 e. The van der Waals surface area contributed by atoms with Crippen LogP contribution in [0.3, 0.4) is 0 Å². The highest BCUT2D eigenvalue weighted by Gasteiger charge is 2.18. The minimum absolute atomic E-state index is 0.0697. The number of aromatic amines is 1. The van der Waals surface area contributed by atoms with E-state index < -0.39 is 0 Å². The molecular weight excluding hydrogens is 248 g/mol. The number of carbonyl (C=O) groups excluding carboxylic acids is 1. The van der Waals surface area contributed by atoms with Crippen molar-refractivity contribution >= 4 is 11.7 Å². The lowest BCUT2D eigenvalue weighted by Gasteiger charge is -2.23. The van der Waals surface area contributed by atoms with Crippen LogP contribution in [0.1, 0.15) is 20.8 Å². The molecule has 0 unspecified atom stereocenters. The van der Waals surface area contributed by atoms with Crippen LogP contribution in [0, 0.1) is 0 Å². The molecule has 0 saturated carbocycles. The molecule has 7 heteroatoms. The minimum Gasteiger partial charge on any atom is -0.489 e. The first-order valence-corrected chi connectivity index (χ1v) is 6.15. The molecule has 2 N–H and O–H groups in total. The van der Waals surface area contributed by atoms with Gasteiger partial charge in [-0.2, -0.15) is 0 Å². The Morgan fingerprint density at radius 3 is 2.79 bits per heavy atom. The molecule has 0 aromatic carbocycles. The Labute approximate surface area is 112 Å². The van der Waals surface area contributed by atoms with Crippen molar-refractivity contribution in [1.29, 1.82) is 0 Å². The quantitative estimate of drug-likeness (QED) is 0.765. The Balaban J connectivity index is 2.95. The van der Waals surface area contributed by atoms with Gasteiger partial charge in [0, 0.05) is 12.6 Å². The van der Waals surface area contributed by atoms with Crippen molar-refractivity contribution in [1.82, 2.24) is 15.3 Å². The van der Waals surface area contributed by atoms with E-state index in [1.807, 2.05) is 20.8 Å². The molecule has 0 fully saturated rings. The summed E-state index contributed by atoms with van der Waals surface area (Å²) in [6, 6.07) is 0.0697. The molecule has 0 radical (unpaired) electrons. The van der Waals surface area contributed by atoms with Crippen LogP contribution >= 0.6 is 0 Å². The summed E-state index contributed by atoms with van der Waals surface area (Å²) in [6.45, 7) is 6.32. The predicted molar refractivity (Wildman–Crippen MR) is 72.6 cm³/mol. The van der Waals surface area contributed by atoms with Crippen molar-refractivity contribution in [3.63, 3.8) is 0 Å². The average Bonchev–Trinajstić information content (AvgIpc) is 2.34. The summed E-state index contributed by atoms with van der Waals surface area (Å²) in [5.74, 6) is 0.357. The molecule has 0 bridgehead atoms. The fraction of sp³-hybridized carbons (Fsp3) is 0.583. The molecule has 7 nitrogen and oxygen atoms in total. The SMILES string of the molecule is CCN(CC(=O)NC(C)C)c1nc[nH]c(=O)c1OC. The molecule has 0 aliphatic carbocycles. The predicted octanol–water partition coefficient (Wildman–Crippen LogP) is 0.129. The van der Waals surface area contributed by atoms with Crippen molar-refractivity contribution in [2.45, 2.75) is 26.8 Å². The highest BCUT2D eigenvalue weighted by Crippen LogP contribution is 2.19. The first-order chi connectivity index (χ1) is 8.99. The standard InChI is InChI=1S/C12H20N4O3/c1-5-16(6-9(17)15-8(2)3)11-10(19-4)12(18)14-7-13-11/h7-8H,5-6H2,1-4H3,(H,15,17)(H,13,14,18). The Morgan fingerprint density at radius 1 is 1.58 bits per heavy atom. The van der Waals surface area contributed by atoms with Crippen LogP contribution in [-0.4, -0.2) is 42.1 Å². The third-order valence-electron chi connectivity index (χ3n) is 2.46. The van der Waals surface area contributed by atoms with E-state index in [0.29, 0.717) is 12.4 Å².